The molecule has 0 spiro atoms. The van der Waals surface area contributed by atoms with Gasteiger partial charge in [-0.1, -0.05) is 0 Å². The number of carbonyl (C=O) groups is 1. The van der Waals surface area contributed by atoms with Gasteiger partial charge in [-0.15, -0.1) is 0 Å². The fourth-order valence-corrected chi connectivity index (χ4v) is 3.08. The number of aryl methyl sites for hydroxylation is 1. The van der Waals surface area contributed by atoms with E-state index in [4.69, 9.17) is 4.74 Å². The van der Waals surface area contributed by atoms with Gasteiger partial charge in [0, 0.05) is 32.6 Å². The maximum atomic E-state index is 12.9. The highest BCUT2D eigenvalue weighted by Crippen LogP contribution is 2.29. The lowest BCUT2D eigenvalue weighted by atomic mass is 10.2. The lowest BCUT2D eigenvalue weighted by Gasteiger charge is -2.24. The van der Waals surface area contributed by atoms with Crippen LogP contribution in [-0.4, -0.2) is 44.4 Å². The highest BCUT2D eigenvalue weighted by atomic mass is 16.5. The van der Waals surface area contributed by atoms with E-state index in [0.717, 1.165) is 12.3 Å². The molecule has 0 unspecified atom stereocenters. The molecule has 6 nitrogen and oxygen atoms in total. The minimum Gasteiger partial charge on any atom is -0.374 e. The van der Waals surface area contributed by atoms with Gasteiger partial charge in [0.25, 0.3) is 5.91 Å². The van der Waals surface area contributed by atoms with E-state index >= 15 is 0 Å². The summed E-state index contributed by atoms with van der Waals surface area (Å²) in [6.45, 7) is 2.70. The zero-order chi connectivity index (χ0) is 15.8. The Morgan fingerprint density at radius 2 is 2.22 bits per heavy atom. The quantitative estimate of drug-likeness (QED) is 0.862. The molecule has 23 heavy (non-hydrogen) atoms. The number of ether oxygens (including phenoxy) is 1. The van der Waals surface area contributed by atoms with Crippen LogP contribution in [-0.2, 0) is 24.9 Å². The summed E-state index contributed by atoms with van der Waals surface area (Å²) in [5, 5.41) is 4.38. The molecule has 1 amide bonds. The number of amides is 1. The van der Waals surface area contributed by atoms with Crippen LogP contribution in [0.3, 0.4) is 0 Å². The van der Waals surface area contributed by atoms with E-state index in [-0.39, 0.29) is 12.0 Å². The largest absolute Gasteiger partial charge is 0.374 e. The molecule has 1 fully saturated rings. The third-order valence-corrected chi connectivity index (χ3v) is 4.67. The third-order valence-electron chi connectivity index (χ3n) is 4.67. The summed E-state index contributed by atoms with van der Waals surface area (Å²) in [5.74, 6) is 0.763. The van der Waals surface area contributed by atoms with Crippen molar-refractivity contribution in [3.63, 3.8) is 0 Å². The molecule has 0 radical (unpaired) electrons. The number of hydrogen-bond acceptors (Lipinski definition) is 3. The van der Waals surface area contributed by atoms with E-state index < -0.39 is 0 Å². The Labute approximate surface area is 135 Å². The summed E-state index contributed by atoms with van der Waals surface area (Å²) in [7, 11) is 1.90. The van der Waals surface area contributed by atoms with Crippen LogP contribution in [0.25, 0.3) is 0 Å². The second-order valence-corrected chi connectivity index (χ2v) is 6.59. The normalized spacial score (nSPS) is 21.1. The van der Waals surface area contributed by atoms with E-state index in [2.05, 4.69) is 5.10 Å². The summed E-state index contributed by atoms with van der Waals surface area (Å²) < 4.78 is 9.91. The number of rotatable bonds is 4. The van der Waals surface area contributed by atoms with Gasteiger partial charge in [-0.05, 0) is 37.0 Å². The van der Waals surface area contributed by atoms with Gasteiger partial charge in [0.1, 0.15) is 5.69 Å². The highest BCUT2D eigenvalue weighted by molar-refractivity contribution is 5.92. The predicted octanol–water partition coefficient (Wildman–Crippen LogP) is 1.67. The minimum atomic E-state index is 0.000897. The summed E-state index contributed by atoms with van der Waals surface area (Å²) >= 11 is 0. The number of hydrogen-bond donors (Lipinski definition) is 0. The number of carbonyl (C=O) groups excluding carboxylic acids is 1. The Kier molecular flexibility index (Phi) is 3.69. The lowest BCUT2D eigenvalue weighted by molar-refractivity contribution is 0.0134. The fraction of sp³-hybridized carbons (Fsp3) is 0.529. The van der Waals surface area contributed by atoms with Crippen molar-refractivity contribution in [3.05, 3.63) is 42.0 Å². The zero-order valence-electron chi connectivity index (χ0n) is 13.4. The van der Waals surface area contributed by atoms with Crippen molar-refractivity contribution < 1.29 is 9.53 Å². The fourth-order valence-electron chi connectivity index (χ4n) is 3.08. The van der Waals surface area contributed by atoms with Crippen LogP contribution in [0.4, 0.5) is 0 Å². The molecule has 0 aromatic carbocycles. The predicted molar refractivity (Wildman–Crippen MR) is 84.8 cm³/mol. The SMILES string of the molecule is Cn1cccc1C(=O)N1Cc2ccnn2C[C@H](OCC2CC2)C1. The molecule has 3 heterocycles. The van der Waals surface area contributed by atoms with Crippen LogP contribution >= 0.6 is 0 Å². The molecular weight excluding hydrogens is 292 g/mol. The molecule has 122 valence electrons. The van der Waals surface area contributed by atoms with Gasteiger partial charge in [-0.3, -0.25) is 9.48 Å². The van der Waals surface area contributed by atoms with Crippen molar-refractivity contribution in [1.82, 2.24) is 19.2 Å². The standard InChI is InChI=1S/C17H22N4O2/c1-19-8-2-3-16(19)17(22)20-9-14-6-7-18-21(14)11-15(10-20)23-12-13-4-5-13/h2-3,6-8,13,15H,4-5,9-12H2,1H3/t15-/m1/s1. The van der Waals surface area contributed by atoms with Gasteiger partial charge in [0.2, 0.25) is 0 Å². The Morgan fingerprint density at radius 3 is 2.96 bits per heavy atom. The van der Waals surface area contributed by atoms with E-state index in [1.807, 2.05) is 45.6 Å². The topological polar surface area (TPSA) is 52.3 Å². The third kappa shape index (κ3) is 3.03. The number of aromatic nitrogens is 3. The molecular formula is C17H22N4O2. The summed E-state index contributed by atoms with van der Waals surface area (Å²) in [4.78, 5) is 14.8. The Balaban J connectivity index is 1.55. The second-order valence-electron chi connectivity index (χ2n) is 6.59. The number of fused-ring (bicyclic) bond motifs is 1. The van der Waals surface area contributed by atoms with Crippen LogP contribution < -0.4 is 0 Å². The van der Waals surface area contributed by atoms with E-state index in [1.165, 1.54) is 12.8 Å². The van der Waals surface area contributed by atoms with Gasteiger partial charge in [0.15, 0.2) is 0 Å². The van der Waals surface area contributed by atoms with Crippen LogP contribution in [0.5, 0.6) is 0 Å². The summed E-state index contributed by atoms with van der Waals surface area (Å²) in [6.07, 6.45) is 6.23. The molecule has 6 heteroatoms. The lowest BCUT2D eigenvalue weighted by Crippen LogP contribution is -2.38. The summed E-state index contributed by atoms with van der Waals surface area (Å²) in [5.41, 5.74) is 1.77. The first-order chi connectivity index (χ1) is 11.2. The molecule has 2 aliphatic rings. The van der Waals surface area contributed by atoms with E-state index in [0.29, 0.717) is 31.2 Å². The Bertz CT molecular complexity index is 701. The van der Waals surface area contributed by atoms with Crippen LogP contribution in [0.2, 0.25) is 0 Å². The van der Waals surface area contributed by atoms with Gasteiger partial charge in [0.05, 0.1) is 24.9 Å². The first kappa shape index (κ1) is 14.5. The average Bonchev–Trinajstić information content (AvgIpc) is 3.18. The molecule has 1 aliphatic carbocycles. The maximum absolute atomic E-state index is 12.9. The highest BCUT2D eigenvalue weighted by Gasteiger charge is 2.29. The van der Waals surface area contributed by atoms with E-state index in [1.54, 1.807) is 6.20 Å². The first-order valence-electron chi connectivity index (χ1n) is 8.23. The van der Waals surface area contributed by atoms with Crippen LogP contribution in [0, 0.1) is 5.92 Å². The Hall–Kier alpha value is -2.08. The zero-order valence-corrected chi connectivity index (χ0v) is 13.4. The molecule has 1 atom stereocenters. The minimum absolute atomic E-state index is 0.000897. The van der Waals surface area contributed by atoms with Gasteiger partial charge >= 0.3 is 0 Å². The Morgan fingerprint density at radius 1 is 1.35 bits per heavy atom. The van der Waals surface area contributed by atoms with Crippen molar-refractivity contribution in [2.24, 2.45) is 13.0 Å². The molecule has 2 aromatic heterocycles. The van der Waals surface area contributed by atoms with Crippen molar-refractivity contribution in [2.45, 2.75) is 32.0 Å². The number of nitrogens with zero attached hydrogens (tertiary/aromatic N) is 4. The van der Waals surface area contributed by atoms with Crippen molar-refractivity contribution in [1.29, 1.82) is 0 Å². The van der Waals surface area contributed by atoms with Crippen LogP contribution in [0.1, 0.15) is 29.0 Å². The van der Waals surface area contributed by atoms with Crippen LogP contribution in [0.15, 0.2) is 30.6 Å². The first-order valence-corrected chi connectivity index (χ1v) is 8.23. The molecule has 1 saturated carbocycles. The van der Waals surface area contributed by atoms with Gasteiger partial charge in [-0.25, -0.2) is 0 Å². The summed E-state index contributed by atoms with van der Waals surface area (Å²) in [6, 6.07) is 5.75. The molecule has 2 aromatic rings. The monoisotopic (exact) mass is 314 g/mol. The second kappa shape index (κ2) is 5.85. The molecule has 1 aliphatic heterocycles. The molecule has 4 rings (SSSR count). The van der Waals surface area contributed by atoms with E-state index in [9.17, 15) is 4.79 Å². The molecule has 0 bridgehead atoms. The van der Waals surface area contributed by atoms with Gasteiger partial charge in [-0.2, -0.15) is 5.10 Å². The average molecular weight is 314 g/mol. The maximum Gasteiger partial charge on any atom is 0.270 e. The smallest absolute Gasteiger partial charge is 0.270 e. The van der Waals surface area contributed by atoms with Gasteiger partial charge < -0.3 is 14.2 Å². The van der Waals surface area contributed by atoms with Crippen molar-refractivity contribution >= 4 is 5.91 Å². The van der Waals surface area contributed by atoms with Crippen molar-refractivity contribution in [2.75, 3.05) is 13.2 Å². The molecule has 0 saturated heterocycles. The van der Waals surface area contributed by atoms with Crippen molar-refractivity contribution in [3.8, 4) is 0 Å². The molecule has 0 N–H and O–H groups in total.